The summed E-state index contributed by atoms with van der Waals surface area (Å²) in [6, 6.07) is 8.91. The van der Waals surface area contributed by atoms with Crippen LogP contribution in [-0.2, 0) is 9.47 Å². The molecule has 1 aromatic carbocycles. The van der Waals surface area contributed by atoms with Gasteiger partial charge in [-0.25, -0.2) is 0 Å². The molecule has 1 unspecified atom stereocenters. The smallest absolute Gasteiger partial charge is 0.104 e. The van der Waals surface area contributed by atoms with Crippen LogP contribution in [-0.4, -0.2) is 32.5 Å². The van der Waals surface area contributed by atoms with Gasteiger partial charge in [-0.2, -0.15) is 0 Å². The summed E-state index contributed by atoms with van der Waals surface area (Å²) in [4.78, 5) is 0. The van der Waals surface area contributed by atoms with Crippen LogP contribution in [0.4, 0.5) is 0 Å². The minimum atomic E-state index is 0.279. The molecule has 2 rings (SSSR count). The molecule has 3 nitrogen and oxygen atoms in total. The van der Waals surface area contributed by atoms with Crippen LogP contribution >= 0.6 is 0 Å². The molecule has 0 amide bonds. The minimum absolute atomic E-state index is 0.279. The number of rotatable bonds is 6. The second-order valence-electron chi connectivity index (χ2n) is 4.51. The first-order valence-electron chi connectivity index (χ1n) is 6.29. The fraction of sp³-hybridized carbons (Fsp3) is 0.571. The molecule has 0 saturated carbocycles. The minimum Gasteiger partial charge on any atom is -0.376 e. The summed E-state index contributed by atoms with van der Waals surface area (Å²) in [5.74, 6) is 0. The third-order valence-corrected chi connectivity index (χ3v) is 3.04. The van der Waals surface area contributed by atoms with Gasteiger partial charge in [-0.1, -0.05) is 36.8 Å². The van der Waals surface area contributed by atoms with Gasteiger partial charge in [0.1, 0.15) is 6.10 Å². The van der Waals surface area contributed by atoms with Gasteiger partial charge < -0.3 is 14.8 Å². The number of nitrogens with one attached hydrogen (secondary N) is 1. The number of aryl methyl sites for hydroxylation is 1. The second-order valence-corrected chi connectivity index (χ2v) is 4.51. The van der Waals surface area contributed by atoms with Gasteiger partial charge in [0.25, 0.3) is 0 Å². The first-order valence-corrected chi connectivity index (χ1v) is 6.29. The van der Waals surface area contributed by atoms with E-state index in [4.69, 9.17) is 9.47 Å². The highest BCUT2D eigenvalue weighted by molar-refractivity contribution is 5.24. The molecule has 0 aliphatic carbocycles. The molecule has 3 heteroatoms. The number of benzene rings is 1. The Morgan fingerprint density at radius 2 is 2.06 bits per heavy atom. The van der Waals surface area contributed by atoms with E-state index in [0.717, 1.165) is 19.8 Å². The highest BCUT2D eigenvalue weighted by atomic mass is 16.6. The number of ether oxygens (including phenoxy) is 2. The topological polar surface area (TPSA) is 30.5 Å². The zero-order valence-electron chi connectivity index (χ0n) is 10.6. The summed E-state index contributed by atoms with van der Waals surface area (Å²) in [7, 11) is 0. The molecule has 1 saturated heterocycles. The lowest BCUT2D eigenvalue weighted by molar-refractivity contribution is -0.133. The summed E-state index contributed by atoms with van der Waals surface area (Å²) in [6.45, 7) is 7.37. The van der Waals surface area contributed by atoms with Gasteiger partial charge in [-0.05, 0) is 19.0 Å². The lowest BCUT2D eigenvalue weighted by atomic mass is 10.1. The first-order chi connectivity index (χ1) is 8.29. The summed E-state index contributed by atoms with van der Waals surface area (Å²) < 4.78 is 10.9. The summed E-state index contributed by atoms with van der Waals surface area (Å²) in [6.07, 6.45) is 0.293. The fourth-order valence-corrected chi connectivity index (χ4v) is 1.86. The number of hydrogen-bond acceptors (Lipinski definition) is 3. The van der Waals surface area contributed by atoms with E-state index in [1.54, 1.807) is 0 Å². The maximum absolute atomic E-state index is 5.79. The fourth-order valence-electron chi connectivity index (χ4n) is 1.86. The first kappa shape index (κ1) is 12.6. The maximum Gasteiger partial charge on any atom is 0.104 e. The van der Waals surface area contributed by atoms with Gasteiger partial charge in [0, 0.05) is 0 Å². The SMILES string of the molecule is CCNC(COC1COC1)c1ccc(C)cc1. The van der Waals surface area contributed by atoms with E-state index >= 15 is 0 Å². The van der Waals surface area contributed by atoms with Crippen LogP contribution in [0.1, 0.15) is 24.1 Å². The van der Waals surface area contributed by atoms with Crippen molar-refractivity contribution in [3.8, 4) is 0 Å². The summed E-state index contributed by atoms with van der Waals surface area (Å²) in [5.41, 5.74) is 2.58. The predicted molar refractivity (Wildman–Crippen MR) is 68.2 cm³/mol. The molecular formula is C14H21NO2. The molecular weight excluding hydrogens is 214 g/mol. The number of hydrogen-bond donors (Lipinski definition) is 1. The Hall–Kier alpha value is -0.900. The zero-order valence-corrected chi connectivity index (χ0v) is 10.6. The van der Waals surface area contributed by atoms with E-state index < -0.39 is 0 Å². The molecule has 1 aromatic rings. The monoisotopic (exact) mass is 235 g/mol. The Labute approximate surface area is 103 Å². The molecule has 0 radical (unpaired) electrons. The van der Waals surface area contributed by atoms with Crippen molar-refractivity contribution in [2.45, 2.75) is 26.0 Å². The molecule has 1 aliphatic heterocycles. The van der Waals surface area contributed by atoms with Crippen molar-refractivity contribution in [1.29, 1.82) is 0 Å². The van der Waals surface area contributed by atoms with Gasteiger partial charge in [0.15, 0.2) is 0 Å². The molecule has 94 valence electrons. The van der Waals surface area contributed by atoms with Crippen molar-refractivity contribution in [3.05, 3.63) is 35.4 Å². The lowest BCUT2D eigenvalue weighted by Gasteiger charge is -2.28. The van der Waals surface area contributed by atoms with Gasteiger partial charge >= 0.3 is 0 Å². The standard InChI is InChI=1S/C14H21NO2/c1-3-15-14(10-17-13-8-16-9-13)12-6-4-11(2)5-7-12/h4-7,13-15H,3,8-10H2,1-2H3. The van der Waals surface area contributed by atoms with Crippen LogP contribution in [0.25, 0.3) is 0 Å². The van der Waals surface area contributed by atoms with Crippen molar-refractivity contribution in [3.63, 3.8) is 0 Å². The van der Waals surface area contributed by atoms with Crippen molar-refractivity contribution < 1.29 is 9.47 Å². The average Bonchev–Trinajstić information content (AvgIpc) is 2.27. The van der Waals surface area contributed by atoms with Gasteiger partial charge in [0.2, 0.25) is 0 Å². The quantitative estimate of drug-likeness (QED) is 0.818. The summed E-state index contributed by atoms with van der Waals surface area (Å²) in [5, 5.41) is 3.46. The molecule has 1 atom stereocenters. The Morgan fingerprint density at radius 3 is 2.59 bits per heavy atom. The molecule has 17 heavy (non-hydrogen) atoms. The predicted octanol–water partition coefficient (Wildman–Crippen LogP) is 2.06. The third kappa shape index (κ3) is 3.53. The van der Waals surface area contributed by atoms with Crippen LogP contribution in [0.15, 0.2) is 24.3 Å². The normalized spacial score (nSPS) is 17.8. The highest BCUT2D eigenvalue weighted by Gasteiger charge is 2.21. The molecule has 0 spiro atoms. The molecule has 1 fully saturated rings. The Balaban J connectivity index is 1.92. The molecule has 1 aliphatic rings. The average molecular weight is 235 g/mol. The number of likely N-dealkylation sites (N-methyl/N-ethyl adjacent to an activating group) is 1. The van der Waals surface area contributed by atoms with Crippen LogP contribution in [0.2, 0.25) is 0 Å². The van der Waals surface area contributed by atoms with Crippen molar-refractivity contribution >= 4 is 0 Å². The van der Waals surface area contributed by atoms with E-state index in [-0.39, 0.29) is 6.04 Å². The summed E-state index contributed by atoms with van der Waals surface area (Å²) >= 11 is 0. The molecule has 0 aromatic heterocycles. The largest absolute Gasteiger partial charge is 0.376 e. The third-order valence-electron chi connectivity index (χ3n) is 3.04. The molecule has 1 N–H and O–H groups in total. The van der Waals surface area contributed by atoms with Crippen LogP contribution in [0, 0.1) is 6.92 Å². The second kappa shape index (κ2) is 6.15. The highest BCUT2D eigenvalue weighted by Crippen LogP contribution is 2.16. The Morgan fingerprint density at radius 1 is 1.35 bits per heavy atom. The van der Waals surface area contributed by atoms with Crippen molar-refractivity contribution in [1.82, 2.24) is 5.32 Å². The van der Waals surface area contributed by atoms with Crippen molar-refractivity contribution in [2.75, 3.05) is 26.4 Å². The Bertz CT molecular complexity index is 333. The van der Waals surface area contributed by atoms with E-state index in [0.29, 0.717) is 12.7 Å². The van der Waals surface area contributed by atoms with Crippen LogP contribution in [0.3, 0.4) is 0 Å². The lowest BCUT2D eigenvalue weighted by Crippen LogP contribution is -2.38. The molecule has 0 bridgehead atoms. The van der Waals surface area contributed by atoms with Gasteiger partial charge in [-0.3, -0.25) is 0 Å². The van der Waals surface area contributed by atoms with Gasteiger partial charge in [-0.15, -0.1) is 0 Å². The van der Waals surface area contributed by atoms with Crippen molar-refractivity contribution in [2.24, 2.45) is 0 Å². The van der Waals surface area contributed by atoms with E-state index in [9.17, 15) is 0 Å². The van der Waals surface area contributed by atoms with E-state index in [1.165, 1.54) is 11.1 Å². The van der Waals surface area contributed by atoms with Crippen LogP contribution in [0.5, 0.6) is 0 Å². The van der Waals surface area contributed by atoms with E-state index in [1.807, 2.05) is 0 Å². The zero-order chi connectivity index (χ0) is 12.1. The van der Waals surface area contributed by atoms with E-state index in [2.05, 4.69) is 43.4 Å². The van der Waals surface area contributed by atoms with Gasteiger partial charge in [0.05, 0.1) is 25.9 Å². The molecule has 1 heterocycles. The maximum atomic E-state index is 5.79. The van der Waals surface area contributed by atoms with Crippen LogP contribution < -0.4 is 5.32 Å². The Kier molecular flexibility index (Phi) is 4.54.